The van der Waals surface area contributed by atoms with Crippen LogP contribution in [0.3, 0.4) is 0 Å². The van der Waals surface area contributed by atoms with Crippen molar-refractivity contribution in [2.24, 2.45) is 11.7 Å². The monoisotopic (exact) mass is 250 g/mol. The van der Waals surface area contributed by atoms with E-state index >= 15 is 0 Å². The third-order valence-corrected chi connectivity index (χ3v) is 3.42. The summed E-state index contributed by atoms with van der Waals surface area (Å²) in [6, 6.07) is 10.3. The molecule has 3 N–H and O–H groups in total. The SMILES string of the molecule is CCN(CCCO)CC(C)C(N)c1ccccc1. The van der Waals surface area contributed by atoms with Crippen LogP contribution in [0.5, 0.6) is 0 Å². The van der Waals surface area contributed by atoms with Crippen molar-refractivity contribution in [3.63, 3.8) is 0 Å². The van der Waals surface area contributed by atoms with Crippen LogP contribution in [0, 0.1) is 5.92 Å². The van der Waals surface area contributed by atoms with E-state index in [1.54, 1.807) is 0 Å². The molecule has 3 heteroatoms. The summed E-state index contributed by atoms with van der Waals surface area (Å²) in [6.45, 7) is 7.53. The fourth-order valence-electron chi connectivity index (χ4n) is 2.20. The summed E-state index contributed by atoms with van der Waals surface area (Å²) in [6.07, 6.45) is 0.834. The van der Waals surface area contributed by atoms with Gasteiger partial charge in [-0.1, -0.05) is 44.2 Å². The van der Waals surface area contributed by atoms with E-state index in [1.807, 2.05) is 18.2 Å². The highest BCUT2D eigenvalue weighted by molar-refractivity contribution is 5.19. The highest BCUT2D eigenvalue weighted by atomic mass is 16.3. The summed E-state index contributed by atoms with van der Waals surface area (Å²) in [5.74, 6) is 0.408. The molecular formula is C15H26N2O. The van der Waals surface area contributed by atoms with Gasteiger partial charge in [-0.25, -0.2) is 0 Å². The van der Waals surface area contributed by atoms with Crippen molar-refractivity contribution in [1.82, 2.24) is 4.90 Å². The van der Waals surface area contributed by atoms with Gasteiger partial charge in [-0.05, 0) is 24.4 Å². The number of aliphatic hydroxyl groups is 1. The van der Waals surface area contributed by atoms with E-state index in [0.29, 0.717) is 5.92 Å². The Kier molecular flexibility index (Phi) is 6.94. The minimum atomic E-state index is 0.0781. The van der Waals surface area contributed by atoms with E-state index in [0.717, 1.165) is 26.1 Å². The summed E-state index contributed by atoms with van der Waals surface area (Å²) in [7, 11) is 0. The molecule has 1 aromatic carbocycles. The molecule has 18 heavy (non-hydrogen) atoms. The van der Waals surface area contributed by atoms with Gasteiger partial charge < -0.3 is 15.7 Å². The van der Waals surface area contributed by atoms with Crippen molar-refractivity contribution >= 4 is 0 Å². The summed E-state index contributed by atoms with van der Waals surface area (Å²) >= 11 is 0. The van der Waals surface area contributed by atoms with E-state index in [1.165, 1.54) is 5.56 Å². The average Bonchev–Trinajstić information content (AvgIpc) is 2.43. The van der Waals surface area contributed by atoms with E-state index < -0.39 is 0 Å². The Labute approximate surface area is 111 Å². The minimum absolute atomic E-state index is 0.0781. The molecular weight excluding hydrogens is 224 g/mol. The van der Waals surface area contributed by atoms with E-state index in [9.17, 15) is 0 Å². The lowest BCUT2D eigenvalue weighted by Gasteiger charge is -2.27. The van der Waals surface area contributed by atoms with E-state index in [2.05, 4.69) is 30.9 Å². The lowest BCUT2D eigenvalue weighted by atomic mass is 9.95. The topological polar surface area (TPSA) is 49.5 Å². The quantitative estimate of drug-likeness (QED) is 0.742. The second kappa shape index (κ2) is 8.25. The van der Waals surface area contributed by atoms with Crippen LogP contribution < -0.4 is 5.73 Å². The first-order valence-corrected chi connectivity index (χ1v) is 6.82. The lowest BCUT2D eigenvalue weighted by molar-refractivity contribution is 0.202. The number of benzene rings is 1. The van der Waals surface area contributed by atoms with Crippen molar-refractivity contribution in [2.75, 3.05) is 26.2 Å². The third-order valence-electron chi connectivity index (χ3n) is 3.42. The highest BCUT2D eigenvalue weighted by Crippen LogP contribution is 2.19. The number of rotatable bonds is 8. The van der Waals surface area contributed by atoms with Gasteiger partial charge in [0.25, 0.3) is 0 Å². The molecule has 1 aromatic rings. The standard InChI is InChI=1S/C15H26N2O/c1-3-17(10-7-11-18)12-13(2)15(16)14-8-5-4-6-9-14/h4-6,8-9,13,15,18H,3,7,10-12,16H2,1-2H3. The largest absolute Gasteiger partial charge is 0.396 e. The zero-order chi connectivity index (χ0) is 13.4. The summed E-state index contributed by atoms with van der Waals surface area (Å²) in [5, 5.41) is 8.88. The van der Waals surface area contributed by atoms with Gasteiger partial charge in [0, 0.05) is 25.7 Å². The zero-order valence-electron chi connectivity index (χ0n) is 11.5. The molecule has 0 saturated heterocycles. The Morgan fingerprint density at radius 3 is 2.50 bits per heavy atom. The summed E-state index contributed by atoms with van der Waals surface area (Å²) in [5.41, 5.74) is 7.49. The third kappa shape index (κ3) is 4.77. The molecule has 0 spiro atoms. The van der Waals surface area contributed by atoms with Gasteiger partial charge in [0.2, 0.25) is 0 Å². The molecule has 102 valence electrons. The van der Waals surface area contributed by atoms with Crippen LogP contribution in [-0.4, -0.2) is 36.2 Å². The van der Waals surface area contributed by atoms with Crippen molar-refractivity contribution in [3.8, 4) is 0 Å². The van der Waals surface area contributed by atoms with E-state index in [-0.39, 0.29) is 12.6 Å². The molecule has 0 radical (unpaired) electrons. The molecule has 2 unspecified atom stereocenters. The van der Waals surface area contributed by atoms with Crippen LogP contribution in [0.1, 0.15) is 31.9 Å². The number of hydrogen-bond donors (Lipinski definition) is 2. The molecule has 1 rings (SSSR count). The van der Waals surface area contributed by atoms with Crippen LogP contribution in [0.25, 0.3) is 0 Å². The highest BCUT2D eigenvalue weighted by Gasteiger charge is 2.17. The lowest BCUT2D eigenvalue weighted by Crippen LogP contribution is -2.34. The van der Waals surface area contributed by atoms with Gasteiger partial charge in [0.15, 0.2) is 0 Å². The van der Waals surface area contributed by atoms with Crippen molar-refractivity contribution < 1.29 is 5.11 Å². The van der Waals surface area contributed by atoms with Crippen LogP contribution in [-0.2, 0) is 0 Å². The minimum Gasteiger partial charge on any atom is -0.396 e. The second-order valence-corrected chi connectivity index (χ2v) is 4.88. The summed E-state index contributed by atoms with van der Waals surface area (Å²) < 4.78 is 0. The van der Waals surface area contributed by atoms with Crippen molar-refractivity contribution in [3.05, 3.63) is 35.9 Å². The molecule has 0 amide bonds. The normalized spacial score (nSPS) is 14.7. The summed E-state index contributed by atoms with van der Waals surface area (Å²) in [4.78, 5) is 2.35. The maximum atomic E-state index is 8.88. The van der Waals surface area contributed by atoms with Gasteiger partial charge in [0.05, 0.1) is 0 Å². The average molecular weight is 250 g/mol. The number of nitrogens with two attached hydrogens (primary N) is 1. The molecule has 0 saturated carbocycles. The Morgan fingerprint density at radius 1 is 1.28 bits per heavy atom. The molecule has 0 aromatic heterocycles. The maximum Gasteiger partial charge on any atom is 0.0443 e. The molecule has 0 fully saturated rings. The van der Waals surface area contributed by atoms with Gasteiger partial charge in [0.1, 0.15) is 0 Å². The van der Waals surface area contributed by atoms with Gasteiger partial charge >= 0.3 is 0 Å². The fraction of sp³-hybridized carbons (Fsp3) is 0.600. The Hall–Kier alpha value is -0.900. The molecule has 0 aliphatic heterocycles. The van der Waals surface area contributed by atoms with E-state index in [4.69, 9.17) is 10.8 Å². The van der Waals surface area contributed by atoms with Crippen molar-refractivity contribution in [1.29, 1.82) is 0 Å². The predicted molar refractivity (Wildman–Crippen MR) is 76.4 cm³/mol. The first-order valence-electron chi connectivity index (χ1n) is 6.82. The first kappa shape index (κ1) is 15.2. The predicted octanol–water partition coefficient (Wildman–Crippen LogP) is 2.03. The second-order valence-electron chi connectivity index (χ2n) is 4.88. The molecule has 0 aliphatic rings. The van der Waals surface area contributed by atoms with Crippen molar-refractivity contribution in [2.45, 2.75) is 26.3 Å². The van der Waals surface area contributed by atoms with Gasteiger partial charge in [-0.2, -0.15) is 0 Å². The van der Waals surface area contributed by atoms with Gasteiger partial charge in [-0.15, -0.1) is 0 Å². The molecule has 0 bridgehead atoms. The number of nitrogens with zero attached hydrogens (tertiary/aromatic N) is 1. The Morgan fingerprint density at radius 2 is 1.94 bits per heavy atom. The first-order chi connectivity index (χ1) is 8.69. The maximum absolute atomic E-state index is 8.88. The number of aliphatic hydroxyl groups excluding tert-OH is 1. The molecule has 0 heterocycles. The fourth-order valence-corrected chi connectivity index (χ4v) is 2.20. The zero-order valence-corrected chi connectivity index (χ0v) is 11.5. The van der Waals surface area contributed by atoms with Gasteiger partial charge in [-0.3, -0.25) is 0 Å². The van der Waals surface area contributed by atoms with Crippen LogP contribution in [0.2, 0.25) is 0 Å². The Balaban J connectivity index is 2.50. The van der Waals surface area contributed by atoms with Crippen LogP contribution in [0.4, 0.5) is 0 Å². The Bertz CT molecular complexity index is 316. The van der Waals surface area contributed by atoms with Crippen LogP contribution >= 0.6 is 0 Å². The van der Waals surface area contributed by atoms with Crippen LogP contribution in [0.15, 0.2) is 30.3 Å². The number of hydrogen-bond acceptors (Lipinski definition) is 3. The molecule has 3 nitrogen and oxygen atoms in total. The molecule has 0 aliphatic carbocycles. The smallest absolute Gasteiger partial charge is 0.0443 e. The molecule has 2 atom stereocenters.